The fourth-order valence-corrected chi connectivity index (χ4v) is 2.38. The first-order chi connectivity index (χ1) is 9.54. The zero-order valence-electron chi connectivity index (χ0n) is 12.4. The molecule has 1 aliphatic rings. The van der Waals surface area contributed by atoms with Crippen LogP contribution in [0.4, 0.5) is 5.69 Å². The van der Waals surface area contributed by atoms with E-state index in [1.165, 1.54) is 6.92 Å². The van der Waals surface area contributed by atoms with Gasteiger partial charge in [-0.2, -0.15) is 0 Å². The predicted octanol–water partition coefficient (Wildman–Crippen LogP) is 1.54. The largest absolute Gasteiger partial charge is 0.325 e. The van der Waals surface area contributed by atoms with Crippen molar-refractivity contribution in [2.24, 2.45) is 0 Å². The summed E-state index contributed by atoms with van der Waals surface area (Å²) in [5.74, 6) is -0.0446. The number of nitrogens with zero attached hydrogens (tertiary/aromatic N) is 1. The highest BCUT2D eigenvalue weighted by Gasteiger charge is 2.17. The number of anilines is 1. The molecule has 0 spiro atoms. The third-order valence-corrected chi connectivity index (χ3v) is 3.37. The van der Waals surface area contributed by atoms with Crippen molar-refractivity contribution in [2.75, 3.05) is 31.5 Å². The van der Waals surface area contributed by atoms with Gasteiger partial charge in [0.2, 0.25) is 5.91 Å². The molecule has 1 saturated heterocycles. The first kappa shape index (κ1) is 17.6. The molecule has 1 amide bonds. The predicted molar refractivity (Wildman–Crippen MR) is 86.2 cm³/mol. The van der Waals surface area contributed by atoms with E-state index in [0.29, 0.717) is 23.8 Å². The fraction of sp³-hybridized carbons (Fsp3) is 0.467. The van der Waals surface area contributed by atoms with Gasteiger partial charge < -0.3 is 10.6 Å². The van der Waals surface area contributed by atoms with E-state index in [1.807, 2.05) is 0 Å². The average Bonchev–Trinajstić information content (AvgIpc) is 2.38. The van der Waals surface area contributed by atoms with Gasteiger partial charge in [0.25, 0.3) is 0 Å². The summed E-state index contributed by atoms with van der Waals surface area (Å²) >= 11 is 0. The van der Waals surface area contributed by atoms with Crippen molar-refractivity contribution >= 4 is 29.8 Å². The maximum atomic E-state index is 12.0. The summed E-state index contributed by atoms with van der Waals surface area (Å²) < 4.78 is 0. The Kier molecular flexibility index (Phi) is 6.81. The minimum absolute atomic E-state index is 0. The number of Topliss-reactive ketones (excluding diaryl/α,β-unsaturated/α-hetero) is 1. The summed E-state index contributed by atoms with van der Waals surface area (Å²) in [5, 5.41) is 6.19. The number of ketones is 1. The van der Waals surface area contributed by atoms with Gasteiger partial charge in [-0.05, 0) is 26.0 Å². The number of halogens is 1. The van der Waals surface area contributed by atoms with Crippen LogP contribution in [0.3, 0.4) is 0 Å². The summed E-state index contributed by atoms with van der Waals surface area (Å²) in [4.78, 5) is 25.4. The van der Waals surface area contributed by atoms with Crippen LogP contribution in [0.2, 0.25) is 0 Å². The Hall–Kier alpha value is -1.43. The summed E-state index contributed by atoms with van der Waals surface area (Å²) in [6, 6.07) is 7.44. The van der Waals surface area contributed by atoms with Crippen LogP contribution in [0.25, 0.3) is 0 Å². The normalized spacial score (nSPS) is 18.7. The Morgan fingerprint density at radius 2 is 2.19 bits per heavy atom. The van der Waals surface area contributed by atoms with E-state index >= 15 is 0 Å². The Labute approximate surface area is 131 Å². The highest BCUT2D eigenvalue weighted by atomic mass is 35.5. The summed E-state index contributed by atoms with van der Waals surface area (Å²) in [7, 11) is 0. The van der Waals surface area contributed by atoms with E-state index in [0.717, 1.165) is 19.6 Å². The monoisotopic (exact) mass is 311 g/mol. The summed E-state index contributed by atoms with van der Waals surface area (Å²) in [5.41, 5.74) is 1.28. The number of nitrogens with one attached hydrogen (secondary N) is 2. The molecule has 6 heteroatoms. The molecule has 0 bridgehead atoms. The van der Waals surface area contributed by atoms with E-state index in [1.54, 1.807) is 24.3 Å². The number of piperazine rings is 1. The Bertz CT molecular complexity index is 507. The van der Waals surface area contributed by atoms with Crippen LogP contribution in [0, 0.1) is 0 Å². The van der Waals surface area contributed by atoms with Crippen LogP contribution in [-0.4, -0.2) is 48.8 Å². The molecule has 2 N–H and O–H groups in total. The van der Waals surface area contributed by atoms with Crippen molar-refractivity contribution in [3.05, 3.63) is 29.8 Å². The smallest absolute Gasteiger partial charge is 0.238 e. The van der Waals surface area contributed by atoms with E-state index in [-0.39, 0.29) is 24.1 Å². The van der Waals surface area contributed by atoms with Gasteiger partial charge >= 0.3 is 0 Å². The molecule has 1 aromatic rings. The third kappa shape index (κ3) is 5.46. The third-order valence-electron chi connectivity index (χ3n) is 3.37. The lowest BCUT2D eigenvalue weighted by Crippen LogP contribution is -2.51. The van der Waals surface area contributed by atoms with Crippen LogP contribution in [-0.2, 0) is 4.79 Å². The van der Waals surface area contributed by atoms with E-state index in [2.05, 4.69) is 22.5 Å². The minimum Gasteiger partial charge on any atom is -0.325 e. The number of amides is 1. The first-order valence-corrected chi connectivity index (χ1v) is 6.91. The summed E-state index contributed by atoms with van der Waals surface area (Å²) in [6.45, 7) is 6.68. The second-order valence-corrected chi connectivity index (χ2v) is 5.28. The van der Waals surface area contributed by atoms with Crippen molar-refractivity contribution < 1.29 is 9.59 Å². The molecule has 1 aliphatic heterocycles. The highest BCUT2D eigenvalue weighted by Crippen LogP contribution is 2.11. The zero-order chi connectivity index (χ0) is 14.5. The lowest BCUT2D eigenvalue weighted by molar-refractivity contribution is -0.117. The number of rotatable bonds is 4. The first-order valence-electron chi connectivity index (χ1n) is 6.91. The van der Waals surface area contributed by atoms with E-state index in [9.17, 15) is 9.59 Å². The molecule has 0 aliphatic carbocycles. The van der Waals surface area contributed by atoms with Gasteiger partial charge in [0.15, 0.2) is 5.78 Å². The molecule has 1 fully saturated rings. The SMILES string of the molecule is CC(=O)c1cccc(NC(=O)CN2CCNC(C)C2)c1.Cl. The molecule has 116 valence electrons. The van der Waals surface area contributed by atoms with Crippen molar-refractivity contribution in [3.8, 4) is 0 Å². The van der Waals surface area contributed by atoms with Crippen LogP contribution in [0.5, 0.6) is 0 Å². The van der Waals surface area contributed by atoms with Gasteiger partial charge in [0.1, 0.15) is 0 Å². The quantitative estimate of drug-likeness (QED) is 0.828. The Morgan fingerprint density at radius 1 is 1.43 bits per heavy atom. The van der Waals surface area contributed by atoms with E-state index in [4.69, 9.17) is 0 Å². The molecule has 1 unspecified atom stereocenters. The van der Waals surface area contributed by atoms with Crippen molar-refractivity contribution in [2.45, 2.75) is 19.9 Å². The topological polar surface area (TPSA) is 61.4 Å². The standard InChI is InChI=1S/C15H21N3O2.ClH/c1-11-9-18(7-6-16-11)10-15(20)17-14-5-3-4-13(8-14)12(2)19;/h3-5,8,11,16H,6-7,9-10H2,1-2H3,(H,17,20);1H. The number of carbonyl (C=O) groups is 2. The molecule has 1 aromatic carbocycles. The van der Waals surface area contributed by atoms with Gasteiger partial charge in [-0.3, -0.25) is 14.5 Å². The number of hydrogen-bond donors (Lipinski definition) is 2. The second-order valence-electron chi connectivity index (χ2n) is 5.28. The van der Waals surface area contributed by atoms with Crippen LogP contribution >= 0.6 is 12.4 Å². The second kappa shape index (κ2) is 8.12. The van der Waals surface area contributed by atoms with E-state index < -0.39 is 0 Å². The Balaban J connectivity index is 0.00000220. The molecule has 21 heavy (non-hydrogen) atoms. The maximum Gasteiger partial charge on any atom is 0.238 e. The Morgan fingerprint density at radius 3 is 2.86 bits per heavy atom. The molecular weight excluding hydrogens is 290 g/mol. The zero-order valence-corrected chi connectivity index (χ0v) is 13.2. The van der Waals surface area contributed by atoms with Gasteiger partial charge in [-0.25, -0.2) is 0 Å². The molecule has 1 heterocycles. The molecule has 0 aromatic heterocycles. The molecule has 1 atom stereocenters. The molecular formula is C15H22ClN3O2. The van der Waals surface area contributed by atoms with Gasteiger partial charge in [0.05, 0.1) is 6.54 Å². The maximum absolute atomic E-state index is 12.0. The molecule has 0 radical (unpaired) electrons. The van der Waals surface area contributed by atoms with Crippen LogP contribution < -0.4 is 10.6 Å². The number of carbonyl (C=O) groups excluding carboxylic acids is 2. The van der Waals surface area contributed by atoms with Crippen LogP contribution in [0.1, 0.15) is 24.2 Å². The minimum atomic E-state index is -0.0418. The lowest BCUT2D eigenvalue weighted by atomic mass is 10.1. The summed E-state index contributed by atoms with van der Waals surface area (Å²) in [6.07, 6.45) is 0. The fourth-order valence-electron chi connectivity index (χ4n) is 2.38. The van der Waals surface area contributed by atoms with Gasteiger partial charge in [0, 0.05) is 36.9 Å². The number of hydrogen-bond acceptors (Lipinski definition) is 4. The van der Waals surface area contributed by atoms with Crippen LogP contribution in [0.15, 0.2) is 24.3 Å². The van der Waals surface area contributed by atoms with Crippen molar-refractivity contribution in [1.82, 2.24) is 10.2 Å². The van der Waals surface area contributed by atoms with Gasteiger partial charge in [-0.15, -0.1) is 12.4 Å². The average molecular weight is 312 g/mol. The number of benzene rings is 1. The lowest BCUT2D eigenvalue weighted by Gasteiger charge is -2.31. The highest BCUT2D eigenvalue weighted by molar-refractivity contribution is 5.97. The van der Waals surface area contributed by atoms with Crippen molar-refractivity contribution in [3.63, 3.8) is 0 Å². The molecule has 2 rings (SSSR count). The molecule has 5 nitrogen and oxygen atoms in total. The molecule has 0 saturated carbocycles. The van der Waals surface area contributed by atoms with Crippen molar-refractivity contribution in [1.29, 1.82) is 0 Å². The van der Waals surface area contributed by atoms with Gasteiger partial charge in [-0.1, -0.05) is 12.1 Å².